The first-order valence-corrected chi connectivity index (χ1v) is 9.40. The van der Waals surface area contributed by atoms with Crippen molar-refractivity contribution in [1.29, 1.82) is 0 Å². The number of rotatable bonds is 5. The van der Waals surface area contributed by atoms with Crippen molar-refractivity contribution >= 4 is 28.6 Å². The van der Waals surface area contributed by atoms with Gasteiger partial charge in [-0.2, -0.15) is 4.98 Å². The number of alkyl halides is 3. The molecule has 158 valence electrons. The lowest BCUT2D eigenvalue weighted by molar-refractivity contribution is -0.274. The predicted molar refractivity (Wildman–Crippen MR) is 105 cm³/mol. The summed E-state index contributed by atoms with van der Waals surface area (Å²) in [5.41, 5.74) is 8.42. The maximum atomic E-state index is 12.7. The van der Waals surface area contributed by atoms with Crippen molar-refractivity contribution in [2.75, 3.05) is 23.7 Å². The van der Waals surface area contributed by atoms with E-state index in [2.05, 4.69) is 14.7 Å². The highest BCUT2D eigenvalue weighted by atomic mass is 19.4. The molecule has 3 heterocycles. The van der Waals surface area contributed by atoms with E-state index in [1.165, 1.54) is 24.3 Å². The molecule has 1 unspecified atom stereocenters. The Balaban J connectivity index is 1.41. The summed E-state index contributed by atoms with van der Waals surface area (Å²) in [6.07, 6.45) is -2.33. The number of hydrogen-bond acceptors (Lipinski definition) is 6. The predicted octanol–water partition coefficient (Wildman–Crippen LogP) is 3.09. The van der Waals surface area contributed by atoms with Crippen molar-refractivity contribution in [3.8, 4) is 5.75 Å². The van der Waals surface area contributed by atoms with Crippen LogP contribution in [0.3, 0.4) is 0 Å². The number of fused-ring (bicyclic) bond motifs is 1. The van der Waals surface area contributed by atoms with Crippen LogP contribution in [0.15, 0.2) is 36.5 Å². The molecule has 3 aromatic rings. The maximum Gasteiger partial charge on any atom is 0.573 e. The number of pyridine rings is 1. The van der Waals surface area contributed by atoms with Crippen LogP contribution >= 0.6 is 0 Å². The van der Waals surface area contributed by atoms with Crippen LogP contribution in [0.5, 0.6) is 5.75 Å². The smallest absolute Gasteiger partial charge is 0.406 e. The van der Waals surface area contributed by atoms with E-state index in [4.69, 9.17) is 5.73 Å². The number of benzene rings is 1. The third-order valence-electron chi connectivity index (χ3n) is 5.20. The molecular weight excluding hydrogens is 399 g/mol. The Labute approximate surface area is 170 Å². The number of imidazole rings is 1. The summed E-state index contributed by atoms with van der Waals surface area (Å²) in [6, 6.07) is 7.20. The highest BCUT2D eigenvalue weighted by Gasteiger charge is 2.32. The largest absolute Gasteiger partial charge is 0.573 e. The van der Waals surface area contributed by atoms with E-state index in [-0.39, 0.29) is 23.9 Å². The summed E-state index contributed by atoms with van der Waals surface area (Å²) in [5, 5.41) is 0. The van der Waals surface area contributed by atoms with Gasteiger partial charge in [-0.25, -0.2) is 4.98 Å². The van der Waals surface area contributed by atoms with E-state index in [0.717, 1.165) is 11.5 Å². The summed E-state index contributed by atoms with van der Waals surface area (Å²) in [4.78, 5) is 23.6. The van der Waals surface area contributed by atoms with Gasteiger partial charge in [-0.05, 0) is 30.2 Å². The van der Waals surface area contributed by atoms with Crippen molar-refractivity contribution in [2.24, 2.45) is 13.0 Å². The third kappa shape index (κ3) is 4.17. The molecule has 30 heavy (non-hydrogen) atoms. The van der Waals surface area contributed by atoms with Crippen LogP contribution in [0.4, 0.5) is 24.8 Å². The number of nitrogens with two attached hydrogens (primary N) is 1. The quantitative estimate of drug-likeness (QED) is 0.684. The molecule has 1 aliphatic heterocycles. The number of anilines is 2. The van der Waals surface area contributed by atoms with E-state index in [1.54, 1.807) is 6.20 Å². The van der Waals surface area contributed by atoms with Crippen molar-refractivity contribution in [3.05, 3.63) is 42.1 Å². The SMILES string of the molecule is Cn1c(N2CCC(C(=O)Cc3ccc(OC(F)(F)F)cc3)C2)nc2ncc(N)cc21. The number of carbonyl (C=O) groups is 1. The first-order chi connectivity index (χ1) is 14.2. The lowest BCUT2D eigenvalue weighted by atomic mass is 9.97. The maximum absolute atomic E-state index is 12.7. The van der Waals surface area contributed by atoms with Crippen LogP contribution in [0.2, 0.25) is 0 Å². The number of aromatic nitrogens is 3. The summed E-state index contributed by atoms with van der Waals surface area (Å²) >= 11 is 0. The Morgan fingerprint density at radius 2 is 2.03 bits per heavy atom. The minimum absolute atomic E-state index is 0.0446. The van der Waals surface area contributed by atoms with Crippen LogP contribution in [0, 0.1) is 5.92 Å². The van der Waals surface area contributed by atoms with Gasteiger partial charge in [-0.3, -0.25) is 4.79 Å². The molecular formula is C20H20F3N5O2. The number of ketones is 1. The molecule has 0 amide bonds. The molecule has 7 nitrogen and oxygen atoms in total. The van der Waals surface area contributed by atoms with Gasteiger partial charge in [0.2, 0.25) is 5.95 Å². The Kier molecular flexibility index (Phi) is 5.00. The fraction of sp³-hybridized carbons (Fsp3) is 0.350. The van der Waals surface area contributed by atoms with Gasteiger partial charge in [0.25, 0.3) is 0 Å². The summed E-state index contributed by atoms with van der Waals surface area (Å²) in [6.45, 7) is 1.21. The zero-order valence-corrected chi connectivity index (χ0v) is 16.2. The number of ether oxygens (including phenoxy) is 1. The molecule has 0 spiro atoms. The van der Waals surface area contributed by atoms with Gasteiger partial charge < -0.3 is 19.9 Å². The van der Waals surface area contributed by atoms with Crippen molar-refractivity contribution < 1.29 is 22.7 Å². The number of carbonyl (C=O) groups excluding carboxylic acids is 1. The Morgan fingerprint density at radius 3 is 2.73 bits per heavy atom. The van der Waals surface area contributed by atoms with Gasteiger partial charge in [-0.1, -0.05) is 12.1 Å². The normalized spacial score (nSPS) is 16.9. The molecule has 0 radical (unpaired) electrons. The second-order valence-electron chi connectivity index (χ2n) is 7.35. The molecule has 10 heteroatoms. The number of hydrogen-bond donors (Lipinski definition) is 1. The zero-order valence-electron chi connectivity index (χ0n) is 16.2. The van der Waals surface area contributed by atoms with Crippen LogP contribution in [0.25, 0.3) is 11.2 Å². The molecule has 4 rings (SSSR count). The van der Waals surface area contributed by atoms with Crippen LogP contribution in [-0.2, 0) is 18.3 Å². The highest BCUT2D eigenvalue weighted by molar-refractivity contribution is 5.85. The Hall–Kier alpha value is -3.30. The standard InChI is InChI=1S/C20H20F3N5O2/c1-27-16-9-14(24)10-25-18(16)26-19(27)28-7-6-13(11-28)17(29)8-12-2-4-15(5-3-12)30-20(21,22)23/h2-5,9-10,13H,6-8,11,24H2,1H3. The average molecular weight is 419 g/mol. The molecule has 0 saturated carbocycles. The molecule has 2 N–H and O–H groups in total. The van der Waals surface area contributed by atoms with Crippen LogP contribution < -0.4 is 15.4 Å². The number of aryl methyl sites for hydroxylation is 1. The summed E-state index contributed by atoms with van der Waals surface area (Å²) in [7, 11) is 1.88. The molecule has 0 bridgehead atoms. The van der Waals surface area contributed by atoms with E-state index < -0.39 is 6.36 Å². The number of halogens is 3. The van der Waals surface area contributed by atoms with Crippen LogP contribution in [-0.4, -0.2) is 39.8 Å². The Morgan fingerprint density at radius 1 is 1.30 bits per heavy atom. The number of Topliss-reactive ketones (excluding diaryl/α,β-unsaturated/α-hetero) is 1. The van der Waals surface area contributed by atoms with E-state index in [1.807, 2.05) is 22.6 Å². The number of nitrogens with zero attached hydrogens (tertiary/aromatic N) is 4. The molecule has 1 saturated heterocycles. The first kappa shape index (κ1) is 20.0. The number of nitrogen functional groups attached to an aromatic ring is 1. The second kappa shape index (κ2) is 7.51. The fourth-order valence-corrected chi connectivity index (χ4v) is 3.71. The molecule has 1 aromatic carbocycles. The lowest BCUT2D eigenvalue weighted by Gasteiger charge is -2.17. The van der Waals surface area contributed by atoms with Crippen molar-refractivity contribution in [2.45, 2.75) is 19.2 Å². The van der Waals surface area contributed by atoms with Gasteiger partial charge >= 0.3 is 6.36 Å². The molecule has 1 fully saturated rings. The highest BCUT2D eigenvalue weighted by Crippen LogP contribution is 2.28. The minimum atomic E-state index is -4.73. The van der Waals surface area contributed by atoms with E-state index >= 15 is 0 Å². The average Bonchev–Trinajstić information content (AvgIpc) is 3.28. The Bertz CT molecular complexity index is 1080. The van der Waals surface area contributed by atoms with Crippen molar-refractivity contribution in [1.82, 2.24) is 14.5 Å². The van der Waals surface area contributed by atoms with Gasteiger partial charge in [0.1, 0.15) is 11.5 Å². The zero-order chi connectivity index (χ0) is 21.5. The van der Waals surface area contributed by atoms with E-state index in [9.17, 15) is 18.0 Å². The molecule has 0 aliphatic carbocycles. The third-order valence-corrected chi connectivity index (χ3v) is 5.20. The summed E-state index contributed by atoms with van der Waals surface area (Å²) < 4.78 is 42.5. The molecule has 1 atom stereocenters. The fourth-order valence-electron chi connectivity index (χ4n) is 3.71. The van der Waals surface area contributed by atoms with Gasteiger partial charge in [-0.15, -0.1) is 13.2 Å². The minimum Gasteiger partial charge on any atom is -0.406 e. The molecule has 2 aromatic heterocycles. The monoisotopic (exact) mass is 419 g/mol. The van der Waals surface area contributed by atoms with Crippen molar-refractivity contribution in [3.63, 3.8) is 0 Å². The van der Waals surface area contributed by atoms with Gasteiger partial charge in [0, 0.05) is 32.5 Å². The van der Waals surface area contributed by atoms with Gasteiger partial charge in [0.15, 0.2) is 5.65 Å². The van der Waals surface area contributed by atoms with Crippen LogP contribution in [0.1, 0.15) is 12.0 Å². The molecule has 1 aliphatic rings. The lowest BCUT2D eigenvalue weighted by Crippen LogP contribution is -2.25. The summed E-state index contributed by atoms with van der Waals surface area (Å²) in [5.74, 6) is 0.297. The van der Waals surface area contributed by atoms with E-state index in [0.29, 0.717) is 36.4 Å². The second-order valence-corrected chi connectivity index (χ2v) is 7.35. The topological polar surface area (TPSA) is 86.3 Å². The van der Waals surface area contributed by atoms with Gasteiger partial charge in [0.05, 0.1) is 17.4 Å². The first-order valence-electron chi connectivity index (χ1n) is 9.40.